The van der Waals surface area contributed by atoms with E-state index < -0.39 is 5.97 Å². The van der Waals surface area contributed by atoms with E-state index >= 15 is 0 Å². The Balaban J connectivity index is 3.20. The second-order valence-electron chi connectivity index (χ2n) is 3.00. The third-order valence-corrected chi connectivity index (χ3v) is 1.88. The molecule has 1 aromatic carbocycles. The van der Waals surface area contributed by atoms with Crippen LogP contribution >= 0.6 is 0 Å². The van der Waals surface area contributed by atoms with Crippen molar-refractivity contribution < 1.29 is 14.6 Å². The predicted octanol–water partition coefficient (Wildman–Crippen LogP) is 1.13. The van der Waals surface area contributed by atoms with E-state index in [1.54, 1.807) is 12.1 Å². The Labute approximate surface area is 88.7 Å². The number of ether oxygens (including phenoxy) is 1. The smallest absolute Gasteiger partial charge is 0.339 e. The molecule has 0 atom stereocenters. The number of aliphatic hydroxyl groups excluding tert-OH is 1. The second-order valence-corrected chi connectivity index (χ2v) is 3.00. The second kappa shape index (κ2) is 5.18. The number of hydrogen-bond donors (Lipinski definition) is 1. The van der Waals surface area contributed by atoms with Crippen molar-refractivity contribution in [3.8, 4) is 11.8 Å². The Kier molecular flexibility index (Phi) is 3.90. The van der Waals surface area contributed by atoms with Crippen molar-refractivity contribution in [3.63, 3.8) is 0 Å². The zero-order valence-corrected chi connectivity index (χ0v) is 8.70. The van der Waals surface area contributed by atoms with Crippen molar-refractivity contribution in [1.82, 2.24) is 0 Å². The maximum absolute atomic E-state index is 11.4. The monoisotopic (exact) mass is 204 g/mol. The highest BCUT2D eigenvalue weighted by Crippen LogP contribution is 2.11. The highest BCUT2D eigenvalue weighted by atomic mass is 16.5. The molecule has 1 rings (SSSR count). The van der Waals surface area contributed by atoms with E-state index in [1.165, 1.54) is 7.11 Å². The summed E-state index contributed by atoms with van der Waals surface area (Å²) in [5.74, 6) is 4.79. The van der Waals surface area contributed by atoms with Gasteiger partial charge in [0.25, 0.3) is 0 Å². The fraction of sp³-hybridized carbons (Fsp3) is 0.250. The summed E-state index contributed by atoms with van der Waals surface area (Å²) in [4.78, 5) is 11.4. The number of carbonyl (C=O) groups is 1. The summed E-state index contributed by atoms with van der Waals surface area (Å²) < 4.78 is 4.64. The van der Waals surface area contributed by atoms with Gasteiger partial charge in [-0.1, -0.05) is 23.5 Å². The van der Waals surface area contributed by atoms with Crippen LogP contribution in [-0.2, 0) is 4.74 Å². The summed E-state index contributed by atoms with van der Waals surface area (Å²) in [5, 5.41) is 8.58. The molecule has 0 amide bonds. The summed E-state index contributed by atoms with van der Waals surface area (Å²) in [5.41, 5.74) is 1.96. The average Bonchev–Trinajstić information content (AvgIpc) is 2.26. The molecule has 0 aliphatic carbocycles. The van der Waals surface area contributed by atoms with Crippen LogP contribution in [0, 0.1) is 18.8 Å². The Morgan fingerprint density at radius 2 is 2.27 bits per heavy atom. The molecular weight excluding hydrogens is 192 g/mol. The number of aliphatic hydroxyl groups is 1. The van der Waals surface area contributed by atoms with Gasteiger partial charge in [-0.3, -0.25) is 0 Å². The van der Waals surface area contributed by atoms with Crippen LogP contribution in [0.1, 0.15) is 21.5 Å². The molecule has 15 heavy (non-hydrogen) atoms. The Morgan fingerprint density at radius 1 is 1.53 bits per heavy atom. The van der Waals surface area contributed by atoms with Crippen molar-refractivity contribution in [2.24, 2.45) is 0 Å². The quantitative estimate of drug-likeness (QED) is 0.551. The van der Waals surface area contributed by atoms with E-state index in [0.29, 0.717) is 11.1 Å². The molecule has 0 spiro atoms. The van der Waals surface area contributed by atoms with Gasteiger partial charge in [0.2, 0.25) is 0 Å². The van der Waals surface area contributed by atoms with Crippen molar-refractivity contribution in [2.45, 2.75) is 6.92 Å². The predicted molar refractivity (Wildman–Crippen MR) is 56.5 cm³/mol. The van der Waals surface area contributed by atoms with Crippen LogP contribution < -0.4 is 0 Å². The van der Waals surface area contributed by atoms with Gasteiger partial charge in [0.05, 0.1) is 12.7 Å². The molecule has 78 valence electrons. The van der Waals surface area contributed by atoms with Crippen LogP contribution in [0.5, 0.6) is 0 Å². The van der Waals surface area contributed by atoms with Crippen molar-refractivity contribution in [1.29, 1.82) is 0 Å². The largest absolute Gasteiger partial charge is 0.465 e. The Bertz CT molecular complexity index is 424. The molecule has 1 aromatic rings. The first-order chi connectivity index (χ1) is 7.19. The maximum Gasteiger partial charge on any atom is 0.339 e. The molecule has 0 bridgehead atoms. The van der Waals surface area contributed by atoms with Crippen molar-refractivity contribution >= 4 is 5.97 Å². The number of benzene rings is 1. The van der Waals surface area contributed by atoms with Crippen LogP contribution in [0.4, 0.5) is 0 Å². The molecule has 0 radical (unpaired) electrons. The summed E-state index contributed by atoms with van der Waals surface area (Å²) >= 11 is 0. The van der Waals surface area contributed by atoms with E-state index in [-0.39, 0.29) is 6.61 Å². The minimum atomic E-state index is -0.416. The summed E-state index contributed by atoms with van der Waals surface area (Å²) in [7, 11) is 1.33. The number of carbonyl (C=O) groups excluding carboxylic acids is 1. The third-order valence-electron chi connectivity index (χ3n) is 1.88. The van der Waals surface area contributed by atoms with Crippen molar-refractivity contribution in [2.75, 3.05) is 13.7 Å². The van der Waals surface area contributed by atoms with Gasteiger partial charge in [0.1, 0.15) is 6.61 Å². The molecule has 3 heteroatoms. The topological polar surface area (TPSA) is 46.5 Å². The Hall–Kier alpha value is -1.79. The fourth-order valence-electron chi connectivity index (χ4n) is 1.18. The summed E-state index contributed by atoms with van der Waals surface area (Å²) in [6.07, 6.45) is 0. The summed E-state index contributed by atoms with van der Waals surface area (Å²) in [6.45, 7) is 1.66. The van der Waals surface area contributed by atoms with Crippen LogP contribution in [0.15, 0.2) is 18.2 Å². The average molecular weight is 204 g/mol. The molecule has 0 aliphatic heterocycles. The van der Waals surface area contributed by atoms with E-state index in [2.05, 4.69) is 16.6 Å². The molecule has 0 saturated heterocycles. The van der Waals surface area contributed by atoms with Crippen LogP contribution in [0.2, 0.25) is 0 Å². The zero-order valence-electron chi connectivity index (χ0n) is 8.70. The highest BCUT2D eigenvalue weighted by molar-refractivity contribution is 5.92. The van der Waals surface area contributed by atoms with E-state index in [4.69, 9.17) is 5.11 Å². The first kappa shape index (κ1) is 11.3. The number of rotatable bonds is 1. The molecule has 1 N–H and O–H groups in total. The van der Waals surface area contributed by atoms with Gasteiger partial charge in [-0.25, -0.2) is 4.79 Å². The summed E-state index contributed by atoms with van der Waals surface area (Å²) in [6, 6.07) is 5.31. The van der Waals surface area contributed by atoms with Gasteiger partial charge < -0.3 is 9.84 Å². The van der Waals surface area contributed by atoms with Gasteiger partial charge >= 0.3 is 5.97 Å². The minimum absolute atomic E-state index is 0.228. The standard InChI is InChI=1S/C12H12O3/c1-9-5-6-10(4-3-7-13)11(8-9)12(14)15-2/h5-6,8,13H,7H2,1-2H3. The van der Waals surface area contributed by atoms with Gasteiger partial charge in [-0.2, -0.15) is 0 Å². The highest BCUT2D eigenvalue weighted by Gasteiger charge is 2.09. The lowest BCUT2D eigenvalue weighted by Gasteiger charge is -2.03. The van der Waals surface area contributed by atoms with Crippen LogP contribution in [0.25, 0.3) is 0 Å². The minimum Gasteiger partial charge on any atom is -0.465 e. The molecule has 0 aliphatic rings. The van der Waals surface area contributed by atoms with Gasteiger partial charge in [0, 0.05) is 5.56 Å². The zero-order chi connectivity index (χ0) is 11.3. The van der Waals surface area contributed by atoms with Gasteiger partial charge in [0.15, 0.2) is 0 Å². The first-order valence-corrected chi connectivity index (χ1v) is 4.47. The molecule has 0 fully saturated rings. The molecule has 0 saturated carbocycles. The van der Waals surface area contributed by atoms with E-state index in [0.717, 1.165) is 5.56 Å². The Morgan fingerprint density at radius 3 is 2.87 bits per heavy atom. The van der Waals surface area contributed by atoms with Gasteiger partial charge in [-0.05, 0) is 19.1 Å². The molecule has 0 aromatic heterocycles. The van der Waals surface area contributed by atoms with Crippen LogP contribution in [-0.4, -0.2) is 24.8 Å². The van der Waals surface area contributed by atoms with E-state index in [1.807, 2.05) is 13.0 Å². The third kappa shape index (κ3) is 2.83. The lowest BCUT2D eigenvalue weighted by molar-refractivity contribution is 0.0600. The fourth-order valence-corrected chi connectivity index (χ4v) is 1.18. The van der Waals surface area contributed by atoms with E-state index in [9.17, 15) is 4.79 Å². The first-order valence-electron chi connectivity index (χ1n) is 4.47. The molecular formula is C12H12O3. The van der Waals surface area contributed by atoms with Crippen LogP contribution in [0.3, 0.4) is 0 Å². The normalized spacial score (nSPS) is 9.00. The lowest BCUT2D eigenvalue weighted by atomic mass is 10.0. The lowest BCUT2D eigenvalue weighted by Crippen LogP contribution is -2.04. The molecule has 0 heterocycles. The number of methoxy groups -OCH3 is 1. The molecule has 3 nitrogen and oxygen atoms in total. The van der Waals surface area contributed by atoms with Gasteiger partial charge in [-0.15, -0.1) is 0 Å². The number of hydrogen-bond acceptors (Lipinski definition) is 3. The number of aryl methyl sites for hydroxylation is 1. The molecule has 0 unspecified atom stereocenters. The maximum atomic E-state index is 11.4. The SMILES string of the molecule is COC(=O)c1cc(C)ccc1C#CCO. The number of esters is 1. The van der Waals surface area contributed by atoms with Crippen molar-refractivity contribution in [3.05, 3.63) is 34.9 Å².